The molecule has 114 valence electrons. The Morgan fingerprint density at radius 2 is 1.90 bits per heavy atom. The molecule has 1 fully saturated rings. The van der Waals surface area contributed by atoms with Gasteiger partial charge < -0.3 is 5.32 Å². The fraction of sp³-hybridized carbons (Fsp3) is 0.455. The van der Waals surface area contributed by atoms with Crippen molar-refractivity contribution in [1.82, 2.24) is 10.0 Å². The zero-order valence-corrected chi connectivity index (χ0v) is 15.1. The standard InChI is InChI=1S/C11H13BrCl2N2O2S.ClH/c12-7-4-9(13)11(10(14)5-7)19(17,18)16-8-2-1-3-15-6-8;/h4-5,8,15-16H,1-3,6H2;1H. The van der Waals surface area contributed by atoms with Gasteiger partial charge in [0.05, 0.1) is 10.0 Å². The maximum atomic E-state index is 12.3. The van der Waals surface area contributed by atoms with Gasteiger partial charge in [0.15, 0.2) is 0 Å². The summed E-state index contributed by atoms with van der Waals surface area (Å²) in [5, 5.41) is 3.36. The Hall–Kier alpha value is 0.440. The molecule has 0 saturated carbocycles. The number of hydrogen-bond donors (Lipinski definition) is 2. The third-order valence-corrected chi connectivity index (χ3v) is 5.75. The molecule has 4 nitrogen and oxygen atoms in total. The summed E-state index contributed by atoms with van der Waals surface area (Å²) in [7, 11) is -3.71. The lowest BCUT2D eigenvalue weighted by Gasteiger charge is -2.24. The summed E-state index contributed by atoms with van der Waals surface area (Å²) in [6, 6.07) is 2.90. The minimum absolute atomic E-state index is 0. The van der Waals surface area contributed by atoms with Crippen LogP contribution in [0.4, 0.5) is 0 Å². The van der Waals surface area contributed by atoms with Crippen LogP contribution >= 0.6 is 51.5 Å². The van der Waals surface area contributed by atoms with Crippen LogP contribution in [0.5, 0.6) is 0 Å². The van der Waals surface area contributed by atoms with E-state index in [4.69, 9.17) is 23.2 Å². The summed E-state index contributed by atoms with van der Waals surface area (Å²) in [4.78, 5) is -0.0652. The molecule has 0 spiro atoms. The van der Waals surface area contributed by atoms with E-state index >= 15 is 0 Å². The smallest absolute Gasteiger partial charge is 0.243 e. The first-order valence-electron chi connectivity index (χ1n) is 5.78. The molecule has 1 atom stereocenters. The molecule has 1 heterocycles. The van der Waals surface area contributed by atoms with Crippen LogP contribution in [0.2, 0.25) is 10.0 Å². The first kappa shape index (κ1) is 18.5. The van der Waals surface area contributed by atoms with Crippen molar-refractivity contribution in [3.63, 3.8) is 0 Å². The second-order valence-corrected chi connectivity index (χ2v) is 7.74. The van der Waals surface area contributed by atoms with Gasteiger partial charge in [0, 0.05) is 17.1 Å². The average molecular weight is 425 g/mol. The van der Waals surface area contributed by atoms with Gasteiger partial charge in [-0.05, 0) is 31.5 Å². The lowest BCUT2D eigenvalue weighted by Crippen LogP contribution is -2.45. The molecule has 1 aromatic rings. The minimum Gasteiger partial charge on any atom is -0.315 e. The molecule has 2 rings (SSSR count). The topological polar surface area (TPSA) is 58.2 Å². The number of hydrogen-bond acceptors (Lipinski definition) is 3. The second kappa shape index (κ2) is 7.63. The molecule has 0 aliphatic carbocycles. The van der Waals surface area contributed by atoms with E-state index in [1.165, 1.54) is 12.1 Å². The van der Waals surface area contributed by atoms with Crippen molar-refractivity contribution in [2.45, 2.75) is 23.8 Å². The molecule has 1 aromatic carbocycles. The van der Waals surface area contributed by atoms with Gasteiger partial charge in [0.25, 0.3) is 0 Å². The van der Waals surface area contributed by atoms with Crippen LogP contribution in [0, 0.1) is 0 Å². The molecule has 1 saturated heterocycles. The molecular weight excluding hydrogens is 410 g/mol. The van der Waals surface area contributed by atoms with Crippen LogP contribution in [-0.2, 0) is 10.0 Å². The second-order valence-electron chi connectivity index (χ2n) is 4.36. The van der Waals surface area contributed by atoms with Crippen LogP contribution < -0.4 is 10.0 Å². The summed E-state index contributed by atoms with van der Waals surface area (Å²) in [5.74, 6) is 0. The Balaban J connectivity index is 0.00000200. The number of nitrogens with one attached hydrogen (secondary N) is 2. The number of rotatable bonds is 3. The Morgan fingerprint density at radius 3 is 2.40 bits per heavy atom. The van der Waals surface area contributed by atoms with Gasteiger partial charge in [-0.15, -0.1) is 12.4 Å². The SMILES string of the molecule is Cl.O=S(=O)(NC1CCCNC1)c1c(Cl)cc(Br)cc1Cl. The highest BCUT2D eigenvalue weighted by Crippen LogP contribution is 2.32. The van der Waals surface area contributed by atoms with Crippen molar-refractivity contribution in [3.8, 4) is 0 Å². The van der Waals surface area contributed by atoms with Gasteiger partial charge in [-0.1, -0.05) is 39.1 Å². The zero-order chi connectivity index (χ0) is 14.0. The van der Waals surface area contributed by atoms with Gasteiger partial charge in [-0.25, -0.2) is 13.1 Å². The molecule has 1 unspecified atom stereocenters. The summed E-state index contributed by atoms with van der Waals surface area (Å²) in [5.41, 5.74) is 0. The van der Waals surface area contributed by atoms with Crippen molar-refractivity contribution in [2.75, 3.05) is 13.1 Å². The Kier molecular flexibility index (Phi) is 7.05. The molecule has 0 bridgehead atoms. The van der Waals surface area contributed by atoms with E-state index in [1.807, 2.05) is 0 Å². The van der Waals surface area contributed by atoms with E-state index in [1.54, 1.807) is 0 Å². The molecule has 0 amide bonds. The molecule has 1 aliphatic rings. The lowest BCUT2D eigenvalue weighted by atomic mass is 10.1. The first-order valence-corrected chi connectivity index (χ1v) is 8.81. The summed E-state index contributed by atoms with van der Waals surface area (Å²) in [6.45, 7) is 1.53. The minimum atomic E-state index is -3.71. The lowest BCUT2D eigenvalue weighted by molar-refractivity contribution is 0.428. The number of benzene rings is 1. The van der Waals surface area contributed by atoms with E-state index in [0.717, 1.165) is 19.4 Å². The quantitative estimate of drug-likeness (QED) is 0.783. The fourth-order valence-electron chi connectivity index (χ4n) is 2.02. The van der Waals surface area contributed by atoms with E-state index in [2.05, 4.69) is 26.0 Å². The molecule has 2 N–H and O–H groups in total. The van der Waals surface area contributed by atoms with Crippen molar-refractivity contribution in [3.05, 3.63) is 26.7 Å². The predicted molar refractivity (Wildman–Crippen MR) is 87.6 cm³/mol. The third kappa shape index (κ3) is 4.47. The van der Waals surface area contributed by atoms with E-state index in [-0.39, 0.29) is 33.4 Å². The van der Waals surface area contributed by atoms with E-state index < -0.39 is 10.0 Å². The number of piperidine rings is 1. The highest BCUT2D eigenvalue weighted by molar-refractivity contribution is 9.10. The molecule has 0 aromatic heterocycles. The van der Waals surface area contributed by atoms with Crippen LogP contribution in [0.3, 0.4) is 0 Å². The summed E-state index contributed by atoms with van der Waals surface area (Å²) >= 11 is 15.2. The Bertz CT molecular complexity index is 554. The van der Waals surface area contributed by atoms with Gasteiger partial charge in [0.1, 0.15) is 4.90 Å². The van der Waals surface area contributed by atoms with E-state index in [9.17, 15) is 8.42 Å². The number of halogens is 4. The summed E-state index contributed by atoms with van der Waals surface area (Å²) in [6.07, 6.45) is 1.74. The van der Waals surface area contributed by atoms with Gasteiger partial charge in [-0.3, -0.25) is 0 Å². The fourth-order valence-corrected chi connectivity index (χ4v) is 5.22. The third-order valence-electron chi connectivity index (χ3n) is 2.85. The van der Waals surface area contributed by atoms with Gasteiger partial charge in [0.2, 0.25) is 10.0 Å². The van der Waals surface area contributed by atoms with E-state index in [0.29, 0.717) is 11.0 Å². The summed E-state index contributed by atoms with van der Waals surface area (Å²) < 4.78 is 27.9. The average Bonchev–Trinajstić information content (AvgIpc) is 2.27. The van der Waals surface area contributed by atoms with Crippen molar-refractivity contribution >= 4 is 61.6 Å². The highest BCUT2D eigenvalue weighted by Gasteiger charge is 2.26. The van der Waals surface area contributed by atoms with Crippen molar-refractivity contribution in [2.24, 2.45) is 0 Å². The Labute approximate surface area is 143 Å². The van der Waals surface area contributed by atoms with Gasteiger partial charge >= 0.3 is 0 Å². The Morgan fingerprint density at radius 1 is 1.30 bits per heavy atom. The maximum Gasteiger partial charge on any atom is 0.243 e. The molecule has 0 radical (unpaired) electrons. The molecule has 20 heavy (non-hydrogen) atoms. The van der Waals surface area contributed by atoms with Crippen LogP contribution in [0.25, 0.3) is 0 Å². The molecule has 1 aliphatic heterocycles. The predicted octanol–water partition coefficient (Wildman–Crippen LogP) is 3.21. The van der Waals surface area contributed by atoms with Crippen molar-refractivity contribution in [1.29, 1.82) is 0 Å². The molecular formula is C11H14BrCl3N2O2S. The van der Waals surface area contributed by atoms with Crippen LogP contribution in [0.15, 0.2) is 21.5 Å². The largest absolute Gasteiger partial charge is 0.315 e. The highest BCUT2D eigenvalue weighted by atomic mass is 79.9. The normalized spacial score (nSPS) is 19.4. The van der Waals surface area contributed by atoms with Crippen LogP contribution in [0.1, 0.15) is 12.8 Å². The van der Waals surface area contributed by atoms with Gasteiger partial charge in [-0.2, -0.15) is 0 Å². The zero-order valence-electron chi connectivity index (χ0n) is 10.3. The van der Waals surface area contributed by atoms with Crippen LogP contribution in [-0.4, -0.2) is 27.5 Å². The monoisotopic (exact) mass is 422 g/mol. The van der Waals surface area contributed by atoms with Crippen molar-refractivity contribution < 1.29 is 8.42 Å². The molecule has 9 heteroatoms. The maximum absolute atomic E-state index is 12.3. The first-order chi connectivity index (χ1) is 8.90. The number of sulfonamides is 1.